The van der Waals surface area contributed by atoms with E-state index in [1.807, 2.05) is 0 Å². The normalized spacial score (nSPS) is 29.3. The van der Waals surface area contributed by atoms with Gasteiger partial charge in [0.05, 0.1) is 12.7 Å². The smallest absolute Gasteiger partial charge is 0.411 e. The Morgan fingerprint density at radius 3 is 2.25 bits per heavy atom. The summed E-state index contributed by atoms with van der Waals surface area (Å²) in [6.07, 6.45) is 12.8. The lowest BCUT2D eigenvalue weighted by Gasteiger charge is -2.32. The van der Waals surface area contributed by atoms with E-state index >= 15 is 0 Å². The van der Waals surface area contributed by atoms with Gasteiger partial charge in [-0.25, -0.2) is 0 Å². The third-order valence-corrected chi connectivity index (χ3v) is 6.97. The molecule has 0 spiro atoms. The van der Waals surface area contributed by atoms with Crippen LogP contribution in [0.2, 0.25) is 0 Å². The first-order valence-corrected chi connectivity index (χ1v) is 10.5. The zero-order chi connectivity index (χ0) is 17.6. The van der Waals surface area contributed by atoms with Crippen molar-refractivity contribution in [1.29, 1.82) is 0 Å². The molecule has 2 nitrogen and oxygen atoms in total. The summed E-state index contributed by atoms with van der Waals surface area (Å²) < 4.78 is 10.6. The van der Waals surface area contributed by atoms with Crippen molar-refractivity contribution in [3.63, 3.8) is 0 Å². The van der Waals surface area contributed by atoms with Crippen molar-refractivity contribution in [2.75, 3.05) is 6.61 Å². The van der Waals surface area contributed by atoms with Crippen LogP contribution in [0.1, 0.15) is 92.4 Å². The predicted molar refractivity (Wildman–Crippen MR) is 103 cm³/mol. The Bertz CT molecular complexity index is 352. The Morgan fingerprint density at radius 2 is 1.67 bits per heavy atom. The van der Waals surface area contributed by atoms with Crippen molar-refractivity contribution in [3.8, 4) is 0 Å². The quantitative estimate of drug-likeness (QED) is 0.321. The van der Waals surface area contributed by atoms with Gasteiger partial charge in [0.15, 0.2) is 0 Å². The summed E-state index contributed by atoms with van der Waals surface area (Å²) in [6, 6.07) is 0. The van der Waals surface area contributed by atoms with Gasteiger partial charge in [0, 0.05) is 0 Å². The lowest BCUT2D eigenvalue weighted by atomic mass is 9.73. The van der Waals surface area contributed by atoms with Crippen LogP contribution < -0.4 is 0 Å². The van der Waals surface area contributed by atoms with E-state index in [-0.39, 0.29) is 0 Å². The maximum Gasteiger partial charge on any atom is 0.488 e. The zero-order valence-corrected chi connectivity index (χ0v) is 16.9. The maximum atomic E-state index is 5.46. The van der Waals surface area contributed by atoms with Gasteiger partial charge < -0.3 is 9.31 Å². The minimum Gasteiger partial charge on any atom is -0.411 e. The first-order valence-electron chi connectivity index (χ1n) is 10.5. The van der Waals surface area contributed by atoms with Gasteiger partial charge in [-0.15, -0.1) is 0 Å². The monoisotopic (exact) mass is 335 g/mol. The van der Waals surface area contributed by atoms with Gasteiger partial charge in [0.25, 0.3) is 0 Å². The van der Waals surface area contributed by atoms with Crippen molar-refractivity contribution in [1.82, 2.24) is 0 Å². The summed E-state index contributed by atoms with van der Waals surface area (Å²) in [5, 5.41) is 0. The fraction of sp³-hybridized carbons (Fsp3) is 1.00. The Morgan fingerprint density at radius 1 is 1.04 bits per heavy atom. The highest BCUT2D eigenvalue weighted by Gasteiger charge is 2.43. The molecule has 0 N–H and O–H groups in total. The van der Waals surface area contributed by atoms with Crippen LogP contribution in [0.25, 0.3) is 0 Å². The van der Waals surface area contributed by atoms with Crippen molar-refractivity contribution in [3.05, 3.63) is 0 Å². The second kappa shape index (κ2) is 9.62. The molecule has 5 atom stereocenters. The third kappa shape index (κ3) is 6.37. The molecule has 1 radical (unpaired) electrons. The lowest BCUT2D eigenvalue weighted by molar-refractivity contribution is 0.161. The summed E-state index contributed by atoms with van der Waals surface area (Å²) >= 11 is 0. The molecule has 0 aromatic heterocycles. The minimum absolute atomic E-state index is 0.295. The van der Waals surface area contributed by atoms with Gasteiger partial charge in [0.1, 0.15) is 0 Å². The molecule has 5 unspecified atom stereocenters. The van der Waals surface area contributed by atoms with E-state index in [1.165, 1.54) is 65.5 Å². The molecular weight excluding hydrogens is 295 g/mol. The predicted octanol–water partition coefficient (Wildman–Crippen LogP) is 6.01. The SMILES string of the molecule is CC(CCCCCCCCC(C)(C)C(C)C1CC1C)C1CO[B]O1. The Kier molecular flexibility index (Phi) is 8.14. The molecule has 0 aromatic carbocycles. The molecule has 1 aliphatic heterocycles. The summed E-state index contributed by atoms with van der Waals surface area (Å²) in [6.45, 7) is 12.9. The van der Waals surface area contributed by atoms with Gasteiger partial charge in [-0.2, -0.15) is 0 Å². The Balaban J connectivity index is 1.43. The third-order valence-electron chi connectivity index (χ3n) is 6.97. The molecule has 1 aliphatic carbocycles. The van der Waals surface area contributed by atoms with Gasteiger partial charge >= 0.3 is 7.69 Å². The van der Waals surface area contributed by atoms with E-state index < -0.39 is 0 Å². The Hall–Kier alpha value is -0.0151. The van der Waals surface area contributed by atoms with Crippen LogP contribution >= 0.6 is 0 Å². The molecule has 2 aliphatic rings. The van der Waals surface area contributed by atoms with Gasteiger partial charge in [-0.1, -0.05) is 73.1 Å². The Labute approximate surface area is 151 Å². The van der Waals surface area contributed by atoms with Crippen LogP contribution in [0.5, 0.6) is 0 Å². The highest BCUT2D eigenvalue weighted by atomic mass is 16.6. The van der Waals surface area contributed by atoms with Gasteiger partial charge in [0.2, 0.25) is 0 Å². The lowest BCUT2D eigenvalue weighted by Crippen LogP contribution is -2.23. The fourth-order valence-electron chi connectivity index (χ4n) is 4.38. The van der Waals surface area contributed by atoms with Crippen molar-refractivity contribution < 1.29 is 9.31 Å². The van der Waals surface area contributed by atoms with E-state index in [4.69, 9.17) is 9.31 Å². The van der Waals surface area contributed by atoms with Crippen LogP contribution in [0, 0.1) is 29.1 Å². The average Bonchev–Trinajstić information content (AvgIpc) is 3.03. The van der Waals surface area contributed by atoms with Gasteiger partial charge in [-0.3, -0.25) is 0 Å². The van der Waals surface area contributed by atoms with Crippen molar-refractivity contribution >= 4 is 7.69 Å². The second-order valence-electron chi connectivity index (χ2n) is 9.40. The van der Waals surface area contributed by atoms with Crippen LogP contribution in [0.3, 0.4) is 0 Å². The van der Waals surface area contributed by atoms with E-state index in [0.717, 1.165) is 24.4 Å². The van der Waals surface area contributed by atoms with Gasteiger partial charge in [-0.05, 0) is 48.3 Å². The number of hydrogen-bond donors (Lipinski definition) is 0. The van der Waals surface area contributed by atoms with E-state index in [2.05, 4.69) is 34.6 Å². The largest absolute Gasteiger partial charge is 0.488 e. The summed E-state index contributed by atoms with van der Waals surface area (Å²) in [7, 11) is 1.51. The van der Waals surface area contributed by atoms with Crippen LogP contribution in [-0.2, 0) is 9.31 Å². The van der Waals surface area contributed by atoms with E-state index in [1.54, 1.807) is 0 Å². The van der Waals surface area contributed by atoms with Crippen LogP contribution in [0.4, 0.5) is 0 Å². The molecule has 1 saturated heterocycles. The first-order chi connectivity index (χ1) is 11.4. The van der Waals surface area contributed by atoms with E-state index in [0.29, 0.717) is 17.4 Å². The highest BCUT2D eigenvalue weighted by molar-refractivity contribution is 6.18. The molecule has 1 saturated carbocycles. The average molecular weight is 335 g/mol. The number of rotatable bonds is 12. The van der Waals surface area contributed by atoms with Crippen molar-refractivity contribution in [2.24, 2.45) is 29.1 Å². The number of unbranched alkanes of at least 4 members (excludes halogenated alkanes) is 5. The first kappa shape index (κ1) is 20.3. The summed E-state index contributed by atoms with van der Waals surface area (Å²) in [4.78, 5) is 0. The summed E-state index contributed by atoms with van der Waals surface area (Å²) in [5.74, 6) is 3.51. The molecule has 1 heterocycles. The van der Waals surface area contributed by atoms with E-state index in [9.17, 15) is 0 Å². The molecule has 24 heavy (non-hydrogen) atoms. The fourth-order valence-corrected chi connectivity index (χ4v) is 4.38. The molecule has 0 amide bonds. The summed E-state index contributed by atoms with van der Waals surface area (Å²) in [5.41, 5.74) is 0.533. The molecule has 2 rings (SSSR count). The maximum absolute atomic E-state index is 5.46. The molecule has 0 bridgehead atoms. The standard InChI is InChI=1S/C21H40BO2/c1-16(20-15-23-22-24-20)12-10-8-6-7-9-11-13-21(4,5)18(3)19-14-17(19)2/h16-20H,6-15H2,1-5H3. The molecule has 139 valence electrons. The van der Waals surface area contributed by atoms with Crippen LogP contribution in [0.15, 0.2) is 0 Å². The molecular formula is C21H40BO2. The van der Waals surface area contributed by atoms with Crippen molar-refractivity contribution in [2.45, 2.75) is 98.5 Å². The zero-order valence-electron chi connectivity index (χ0n) is 16.9. The van der Waals surface area contributed by atoms with Crippen LogP contribution in [-0.4, -0.2) is 20.4 Å². The molecule has 3 heteroatoms. The highest BCUT2D eigenvalue weighted by Crippen LogP contribution is 2.51. The number of hydrogen-bond acceptors (Lipinski definition) is 2. The second-order valence-corrected chi connectivity index (χ2v) is 9.40. The molecule has 0 aromatic rings. The molecule has 2 fully saturated rings. The topological polar surface area (TPSA) is 18.5 Å². The minimum atomic E-state index is 0.295.